The van der Waals surface area contributed by atoms with Crippen LogP contribution in [0.4, 0.5) is 10.5 Å². The smallest absolute Gasteiger partial charge is 0.321 e. The summed E-state index contributed by atoms with van der Waals surface area (Å²) >= 11 is 0. The van der Waals surface area contributed by atoms with E-state index in [0.717, 1.165) is 23.4 Å². The molecule has 2 aliphatic heterocycles. The van der Waals surface area contributed by atoms with E-state index in [9.17, 15) is 9.59 Å². The molecule has 7 heteroatoms. The molecule has 0 saturated carbocycles. The number of urea groups is 1. The van der Waals surface area contributed by atoms with E-state index < -0.39 is 0 Å². The van der Waals surface area contributed by atoms with Gasteiger partial charge in [-0.1, -0.05) is 6.07 Å². The van der Waals surface area contributed by atoms with Crippen molar-refractivity contribution in [1.29, 1.82) is 0 Å². The fourth-order valence-corrected chi connectivity index (χ4v) is 4.73. The van der Waals surface area contributed by atoms with Gasteiger partial charge in [0.05, 0.1) is 5.56 Å². The Labute approximate surface area is 174 Å². The largest absolute Gasteiger partial charge is 0.344 e. The number of likely N-dealkylation sites (tertiary alicyclic amines) is 1. The molecule has 154 valence electrons. The fraction of sp³-hybridized carbons (Fsp3) is 0.348. The zero-order valence-corrected chi connectivity index (χ0v) is 17.2. The van der Waals surface area contributed by atoms with Crippen molar-refractivity contribution in [2.24, 2.45) is 5.92 Å². The van der Waals surface area contributed by atoms with Crippen LogP contribution in [0.1, 0.15) is 29.2 Å². The molecule has 3 aromatic rings. The van der Waals surface area contributed by atoms with Crippen molar-refractivity contribution in [2.45, 2.75) is 32.7 Å². The van der Waals surface area contributed by atoms with Crippen LogP contribution in [0, 0.1) is 19.8 Å². The number of hydrogen-bond donors (Lipinski definition) is 2. The Morgan fingerprint density at radius 2 is 2.00 bits per heavy atom. The van der Waals surface area contributed by atoms with Gasteiger partial charge >= 0.3 is 6.03 Å². The number of imidazole rings is 1. The minimum absolute atomic E-state index is 0.00909. The van der Waals surface area contributed by atoms with Crippen LogP contribution in [-0.4, -0.2) is 38.6 Å². The third kappa shape index (κ3) is 3.20. The van der Waals surface area contributed by atoms with Crippen LogP contribution in [0.25, 0.3) is 11.4 Å². The van der Waals surface area contributed by atoms with E-state index in [0.29, 0.717) is 31.0 Å². The molecular formula is C23H25N5O2. The fourth-order valence-electron chi connectivity index (χ4n) is 4.73. The molecule has 1 saturated heterocycles. The molecule has 1 aromatic carbocycles. The van der Waals surface area contributed by atoms with E-state index in [1.165, 1.54) is 5.56 Å². The molecule has 2 amide bonds. The highest BCUT2D eigenvalue weighted by Gasteiger charge is 2.36. The minimum Gasteiger partial charge on any atom is -0.344 e. The van der Waals surface area contributed by atoms with Crippen LogP contribution >= 0.6 is 0 Å². The summed E-state index contributed by atoms with van der Waals surface area (Å²) in [5.41, 5.74) is 4.77. The van der Waals surface area contributed by atoms with E-state index in [2.05, 4.69) is 22.2 Å². The van der Waals surface area contributed by atoms with Crippen molar-refractivity contribution < 1.29 is 4.79 Å². The quantitative estimate of drug-likeness (QED) is 0.687. The number of anilines is 1. The number of aryl methyl sites for hydroxylation is 2. The number of aromatic amines is 1. The third-order valence-corrected chi connectivity index (χ3v) is 6.40. The molecule has 2 aromatic heterocycles. The summed E-state index contributed by atoms with van der Waals surface area (Å²) in [7, 11) is 0. The van der Waals surface area contributed by atoms with Crippen molar-refractivity contribution >= 4 is 11.7 Å². The molecule has 2 bridgehead atoms. The van der Waals surface area contributed by atoms with Crippen LogP contribution in [-0.2, 0) is 6.54 Å². The molecule has 4 heterocycles. The lowest BCUT2D eigenvalue weighted by Gasteiger charge is -2.42. The SMILES string of the molecule is Cc1ccc(NC(=O)N2C[C@@H]3C[C@H](C2)c2ccc(-c4ncc[nH]4)c(=O)n2C3)cc1C. The molecular weight excluding hydrogens is 378 g/mol. The first kappa shape index (κ1) is 18.7. The van der Waals surface area contributed by atoms with E-state index in [1.807, 2.05) is 46.7 Å². The number of rotatable bonds is 2. The maximum Gasteiger partial charge on any atom is 0.321 e. The molecule has 2 aliphatic rings. The van der Waals surface area contributed by atoms with Gasteiger partial charge in [0.15, 0.2) is 0 Å². The predicted molar refractivity (Wildman–Crippen MR) is 116 cm³/mol. The summed E-state index contributed by atoms with van der Waals surface area (Å²) in [5, 5.41) is 3.04. The van der Waals surface area contributed by atoms with Gasteiger partial charge in [0, 0.05) is 49.3 Å². The first-order chi connectivity index (χ1) is 14.5. The number of hydrogen-bond acceptors (Lipinski definition) is 3. The molecule has 30 heavy (non-hydrogen) atoms. The third-order valence-electron chi connectivity index (χ3n) is 6.40. The molecule has 0 radical (unpaired) electrons. The number of amides is 2. The average Bonchev–Trinajstić information content (AvgIpc) is 3.26. The first-order valence-electron chi connectivity index (χ1n) is 10.4. The Morgan fingerprint density at radius 3 is 2.77 bits per heavy atom. The Kier molecular flexibility index (Phi) is 4.46. The van der Waals surface area contributed by atoms with Crippen LogP contribution in [0.3, 0.4) is 0 Å². The van der Waals surface area contributed by atoms with E-state index in [1.54, 1.807) is 12.4 Å². The van der Waals surface area contributed by atoms with Gasteiger partial charge < -0.3 is 19.8 Å². The summed E-state index contributed by atoms with van der Waals surface area (Å²) in [4.78, 5) is 35.1. The lowest BCUT2D eigenvalue weighted by atomic mass is 9.83. The second kappa shape index (κ2) is 7.16. The van der Waals surface area contributed by atoms with Gasteiger partial charge in [-0.3, -0.25) is 4.79 Å². The van der Waals surface area contributed by atoms with Gasteiger partial charge in [-0.2, -0.15) is 0 Å². The second-order valence-corrected chi connectivity index (χ2v) is 8.46. The summed E-state index contributed by atoms with van der Waals surface area (Å²) in [6, 6.07) is 9.76. The Balaban J connectivity index is 1.38. The summed E-state index contributed by atoms with van der Waals surface area (Å²) in [6.45, 7) is 6.01. The highest BCUT2D eigenvalue weighted by atomic mass is 16.2. The highest BCUT2D eigenvalue weighted by Crippen LogP contribution is 2.35. The molecule has 2 N–H and O–H groups in total. The number of nitrogens with zero attached hydrogens (tertiary/aromatic N) is 3. The summed E-state index contributed by atoms with van der Waals surface area (Å²) in [6.07, 6.45) is 4.38. The Morgan fingerprint density at radius 1 is 1.13 bits per heavy atom. The number of benzene rings is 1. The number of aromatic nitrogens is 3. The monoisotopic (exact) mass is 403 g/mol. The van der Waals surface area contributed by atoms with Crippen LogP contribution < -0.4 is 10.9 Å². The first-order valence-corrected chi connectivity index (χ1v) is 10.4. The van der Waals surface area contributed by atoms with Crippen LogP contribution in [0.2, 0.25) is 0 Å². The number of carbonyl (C=O) groups is 1. The van der Waals surface area contributed by atoms with Gasteiger partial charge in [0.1, 0.15) is 5.82 Å². The van der Waals surface area contributed by atoms with E-state index in [4.69, 9.17) is 0 Å². The molecule has 0 spiro atoms. The molecule has 5 rings (SSSR count). The number of carbonyl (C=O) groups excluding carboxylic acids is 1. The minimum atomic E-state index is -0.0732. The highest BCUT2D eigenvalue weighted by molar-refractivity contribution is 5.89. The predicted octanol–water partition coefficient (Wildman–Crippen LogP) is 3.51. The van der Waals surface area contributed by atoms with Crippen molar-refractivity contribution in [1.82, 2.24) is 19.4 Å². The lowest BCUT2D eigenvalue weighted by molar-refractivity contribution is 0.139. The molecule has 1 fully saturated rings. The second-order valence-electron chi connectivity index (χ2n) is 8.46. The molecule has 7 nitrogen and oxygen atoms in total. The maximum absolute atomic E-state index is 13.1. The molecule has 2 atom stereocenters. The lowest BCUT2D eigenvalue weighted by Crippen LogP contribution is -2.50. The zero-order valence-electron chi connectivity index (χ0n) is 17.2. The van der Waals surface area contributed by atoms with Crippen molar-refractivity contribution in [3.8, 4) is 11.4 Å². The average molecular weight is 403 g/mol. The Hall–Kier alpha value is -3.35. The van der Waals surface area contributed by atoms with Gasteiger partial charge in [-0.05, 0) is 61.6 Å². The van der Waals surface area contributed by atoms with Gasteiger partial charge in [0.2, 0.25) is 0 Å². The topological polar surface area (TPSA) is 83.0 Å². The standard InChI is InChI=1S/C23H25N5O2/c1-14-3-4-18(9-15(14)2)26-23(30)27-11-16-10-17(13-27)20-6-5-19(21-24-7-8-25-21)22(29)28(20)12-16/h3-9,16-17H,10-13H2,1-2H3,(H,24,25)(H,26,30)/t16-,17+/m0/s1. The summed E-state index contributed by atoms with van der Waals surface area (Å²) in [5.74, 6) is 1.04. The number of nitrogens with one attached hydrogen (secondary N) is 2. The Bertz CT molecular complexity index is 1160. The number of H-pyrrole nitrogens is 1. The van der Waals surface area contributed by atoms with Gasteiger partial charge in [-0.25, -0.2) is 9.78 Å². The van der Waals surface area contributed by atoms with Crippen LogP contribution in [0.15, 0.2) is 47.5 Å². The van der Waals surface area contributed by atoms with Crippen molar-refractivity contribution in [3.05, 3.63) is 69.9 Å². The van der Waals surface area contributed by atoms with Gasteiger partial charge in [-0.15, -0.1) is 0 Å². The number of piperidine rings is 1. The normalized spacial score (nSPS) is 20.0. The molecule has 0 aliphatic carbocycles. The zero-order chi connectivity index (χ0) is 20.8. The molecule has 0 unspecified atom stereocenters. The van der Waals surface area contributed by atoms with Crippen molar-refractivity contribution in [2.75, 3.05) is 18.4 Å². The van der Waals surface area contributed by atoms with Crippen LogP contribution in [0.5, 0.6) is 0 Å². The number of fused-ring (bicyclic) bond motifs is 4. The van der Waals surface area contributed by atoms with E-state index in [-0.39, 0.29) is 23.4 Å². The maximum atomic E-state index is 13.1. The number of pyridine rings is 1. The summed E-state index contributed by atoms with van der Waals surface area (Å²) < 4.78 is 1.88. The van der Waals surface area contributed by atoms with Crippen molar-refractivity contribution in [3.63, 3.8) is 0 Å². The van der Waals surface area contributed by atoms with E-state index >= 15 is 0 Å². The van der Waals surface area contributed by atoms with Gasteiger partial charge in [0.25, 0.3) is 5.56 Å².